The lowest BCUT2D eigenvalue weighted by molar-refractivity contribution is -0.113. The Kier molecular flexibility index (Phi) is 8.57. The van der Waals surface area contributed by atoms with E-state index in [0.29, 0.717) is 40.6 Å². The van der Waals surface area contributed by atoms with E-state index in [0.717, 1.165) is 0 Å². The zero-order chi connectivity index (χ0) is 22.9. The smallest absolute Gasteiger partial charge is 0.251 e. The second-order valence-corrected chi connectivity index (χ2v) is 9.27. The van der Waals surface area contributed by atoms with Gasteiger partial charge in [0.1, 0.15) is 0 Å². The van der Waals surface area contributed by atoms with Crippen LogP contribution in [0.3, 0.4) is 0 Å². The number of benzene rings is 1. The fourth-order valence-electron chi connectivity index (χ4n) is 3.07. The van der Waals surface area contributed by atoms with E-state index in [2.05, 4.69) is 46.2 Å². The molecular weight excluding hydrogens is 444 g/mol. The van der Waals surface area contributed by atoms with Crippen LogP contribution in [0.15, 0.2) is 59.7 Å². The maximum Gasteiger partial charge on any atom is 0.251 e. The van der Waals surface area contributed by atoms with Gasteiger partial charge in [-0.3, -0.25) is 9.59 Å². The SMILES string of the molecule is C=CCn1c(SCC(=O)Nc2nccs2)nnc1C(CC(C)C)NC(=O)c1ccccc1. The molecule has 0 bridgehead atoms. The number of anilines is 1. The highest BCUT2D eigenvalue weighted by molar-refractivity contribution is 7.99. The zero-order valence-corrected chi connectivity index (χ0v) is 19.7. The van der Waals surface area contributed by atoms with E-state index in [1.54, 1.807) is 29.8 Å². The minimum atomic E-state index is -0.325. The molecule has 0 aliphatic carbocycles. The molecule has 1 unspecified atom stereocenters. The molecule has 0 aliphatic rings. The summed E-state index contributed by atoms with van der Waals surface area (Å²) in [6, 6.07) is 8.76. The molecule has 0 aliphatic heterocycles. The molecule has 2 aromatic heterocycles. The molecule has 0 radical (unpaired) electrons. The van der Waals surface area contributed by atoms with Crippen LogP contribution in [0, 0.1) is 5.92 Å². The topological polar surface area (TPSA) is 102 Å². The maximum atomic E-state index is 12.8. The number of allylic oxidation sites excluding steroid dienone is 1. The van der Waals surface area contributed by atoms with Gasteiger partial charge in [-0.2, -0.15) is 0 Å². The maximum absolute atomic E-state index is 12.8. The van der Waals surface area contributed by atoms with Crippen LogP contribution in [0.1, 0.15) is 42.5 Å². The number of nitrogens with zero attached hydrogens (tertiary/aromatic N) is 4. The Morgan fingerprint density at radius 1 is 1.25 bits per heavy atom. The van der Waals surface area contributed by atoms with Crippen molar-refractivity contribution in [1.29, 1.82) is 0 Å². The van der Waals surface area contributed by atoms with Gasteiger partial charge in [-0.1, -0.05) is 49.9 Å². The first-order chi connectivity index (χ1) is 15.5. The Morgan fingerprint density at radius 3 is 2.69 bits per heavy atom. The average Bonchev–Trinajstić information content (AvgIpc) is 3.42. The highest BCUT2D eigenvalue weighted by Crippen LogP contribution is 2.25. The molecule has 32 heavy (non-hydrogen) atoms. The van der Waals surface area contributed by atoms with Crippen LogP contribution in [0.25, 0.3) is 0 Å². The van der Waals surface area contributed by atoms with Gasteiger partial charge in [-0.15, -0.1) is 28.1 Å². The number of aromatic nitrogens is 4. The van der Waals surface area contributed by atoms with Crippen molar-refractivity contribution in [3.8, 4) is 0 Å². The number of thiazole rings is 1. The Hall–Kier alpha value is -2.98. The molecule has 1 atom stereocenters. The van der Waals surface area contributed by atoms with E-state index in [9.17, 15) is 9.59 Å². The van der Waals surface area contributed by atoms with Gasteiger partial charge in [0, 0.05) is 23.7 Å². The van der Waals surface area contributed by atoms with Gasteiger partial charge in [0.05, 0.1) is 11.8 Å². The largest absolute Gasteiger partial charge is 0.342 e. The predicted molar refractivity (Wildman–Crippen MR) is 128 cm³/mol. The first-order valence-electron chi connectivity index (χ1n) is 10.2. The molecular formula is C22H26N6O2S2. The monoisotopic (exact) mass is 470 g/mol. The summed E-state index contributed by atoms with van der Waals surface area (Å²) >= 11 is 2.65. The van der Waals surface area contributed by atoms with Crippen LogP contribution in [0.5, 0.6) is 0 Å². The fraction of sp³-hybridized carbons (Fsp3) is 0.318. The Morgan fingerprint density at radius 2 is 2.03 bits per heavy atom. The third-order valence-electron chi connectivity index (χ3n) is 4.43. The number of carbonyl (C=O) groups is 2. The van der Waals surface area contributed by atoms with Crippen LogP contribution in [0.2, 0.25) is 0 Å². The van der Waals surface area contributed by atoms with Crippen molar-refractivity contribution in [1.82, 2.24) is 25.1 Å². The van der Waals surface area contributed by atoms with E-state index >= 15 is 0 Å². The molecule has 2 heterocycles. The third-order valence-corrected chi connectivity index (χ3v) is 6.08. The molecule has 168 valence electrons. The normalized spacial score (nSPS) is 11.8. The lowest BCUT2D eigenvalue weighted by Crippen LogP contribution is -2.31. The van der Waals surface area contributed by atoms with E-state index in [-0.39, 0.29) is 23.6 Å². The molecule has 2 amide bonds. The van der Waals surface area contributed by atoms with Gasteiger partial charge in [-0.25, -0.2) is 4.98 Å². The van der Waals surface area contributed by atoms with Gasteiger partial charge in [0.15, 0.2) is 16.1 Å². The minimum absolute atomic E-state index is 0.165. The molecule has 0 saturated heterocycles. The molecule has 0 spiro atoms. The number of nitrogens with one attached hydrogen (secondary N) is 2. The van der Waals surface area contributed by atoms with Crippen LogP contribution in [0.4, 0.5) is 5.13 Å². The summed E-state index contributed by atoms with van der Waals surface area (Å²) < 4.78 is 1.90. The number of carbonyl (C=O) groups excluding carboxylic acids is 2. The third kappa shape index (κ3) is 6.51. The summed E-state index contributed by atoms with van der Waals surface area (Å²) in [5.41, 5.74) is 0.587. The van der Waals surface area contributed by atoms with E-state index in [4.69, 9.17) is 0 Å². The van der Waals surface area contributed by atoms with Gasteiger partial charge in [0.25, 0.3) is 5.91 Å². The van der Waals surface area contributed by atoms with Crippen LogP contribution >= 0.6 is 23.1 Å². The van der Waals surface area contributed by atoms with Gasteiger partial charge in [-0.05, 0) is 24.5 Å². The molecule has 8 nitrogen and oxygen atoms in total. The molecule has 0 saturated carbocycles. The molecule has 2 N–H and O–H groups in total. The number of rotatable bonds is 11. The summed E-state index contributed by atoms with van der Waals surface area (Å²) in [5, 5.41) is 17.5. The summed E-state index contributed by atoms with van der Waals surface area (Å²) in [6.45, 7) is 8.48. The van der Waals surface area contributed by atoms with E-state index < -0.39 is 0 Å². The van der Waals surface area contributed by atoms with Crippen molar-refractivity contribution in [2.24, 2.45) is 5.92 Å². The summed E-state index contributed by atoms with van der Waals surface area (Å²) in [5.74, 6) is 0.799. The summed E-state index contributed by atoms with van der Waals surface area (Å²) in [6.07, 6.45) is 4.08. The first-order valence-corrected chi connectivity index (χ1v) is 12.1. The lowest BCUT2D eigenvalue weighted by Gasteiger charge is -2.21. The van der Waals surface area contributed by atoms with Gasteiger partial charge >= 0.3 is 0 Å². The minimum Gasteiger partial charge on any atom is -0.342 e. The Balaban J connectivity index is 1.76. The average molecular weight is 471 g/mol. The van der Waals surface area contributed by atoms with Crippen LogP contribution in [-0.2, 0) is 11.3 Å². The van der Waals surface area contributed by atoms with Crippen molar-refractivity contribution < 1.29 is 9.59 Å². The second kappa shape index (κ2) is 11.6. The second-order valence-electron chi connectivity index (χ2n) is 7.44. The van der Waals surface area contributed by atoms with Crippen molar-refractivity contribution in [3.63, 3.8) is 0 Å². The lowest BCUT2D eigenvalue weighted by atomic mass is 10.0. The first kappa shape index (κ1) is 23.7. The van der Waals surface area contributed by atoms with Gasteiger partial charge in [0.2, 0.25) is 5.91 Å². The summed E-state index contributed by atoms with van der Waals surface area (Å²) in [4.78, 5) is 29.1. The molecule has 3 rings (SSSR count). The Labute approximate surface area is 195 Å². The molecule has 10 heteroatoms. The standard InChI is InChI=1S/C22H26N6O2S2/c1-4-11-28-19(17(13-15(2)3)24-20(30)16-8-6-5-7-9-16)26-27-22(28)32-14-18(29)25-21-23-10-12-31-21/h4-10,12,15,17H,1,11,13-14H2,2-3H3,(H,24,30)(H,23,25,29). The highest BCUT2D eigenvalue weighted by atomic mass is 32.2. The van der Waals surface area contributed by atoms with Crippen molar-refractivity contribution in [3.05, 3.63) is 66.0 Å². The van der Waals surface area contributed by atoms with Crippen molar-refractivity contribution in [2.75, 3.05) is 11.1 Å². The van der Waals surface area contributed by atoms with Crippen molar-refractivity contribution in [2.45, 2.75) is 38.0 Å². The number of thioether (sulfide) groups is 1. The highest BCUT2D eigenvalue weighted by Gasteiger charge is 2.24. The van der Waals surface area contributed by atoms with E-state index in [1.807, 2.05) is 22.8 Å². The molecule has 3 aromatic rings. The van der Waals surface area contributed by atoms with Crippen LogP contribution < -0.4 is 10.6 Å². The quantitative estimate of drug-likeness (QED) is 0.322. The fourth-order valence-corrected chi connectivity index (χ4v) is 4.37. The number of hydrogen-bond donors (Lipinski definition) is 2. The molecule has 1 aromatic carbocycles. The Bertz CT molecular complexity index is 1030. The number of amides is 2. The predicted octanol–water partition coefficient (Wildman–Crippen LogP) is 4.17. The molecule has 0 fully saturated rings. The van der Waals surface area contributed by atoms with E-state index in [1.165, 1.54) is 23.1 Å². The number of hydrogen-bond acceptors (Lipinski definition) is 7. The summed E-state index contributed by atoms with van der Waals surface area (Å²) in [7, 11) is 0. The zero-order valence-electron chi connectivity index (χ0n) is 18.0. The van der Waals surface area contributed by atoms with Gasteiger partial charge < -0.3 is 15.2 Å². The van der Waals surface area contributed by atoms with Crippen molar-refractivity contribution >= 4 is 40.0 Å². The van der Waals surface area contributed by atoms with Crippen LogP contribution in [-0.4, -0.2) is 37.3 Å².